The molecule has 0 rings (SSSR count). The van der Waals surface area contributed by atoms with Crippen LogP contribution in [0, 0.1) is 0 Å². The Morgan fingerprint density at radius 3 is 1.39 bits per heavy atom. The number of carbonyl (C=O) groups is 2. The van der Waals surface area contributed by atoms with Crippen molar-refractivity contribution in [1.29, 1.82) is 0 Å². The van der Waals surface area contributed by atoms with E-state index in [-0.39, 0.29) is 31.3 Å². The molecule has 0 heterocycles. The van der Waals surface area contributed by atoms with Gasteiger partial charge in [-0.3, -0.25) is 14.2 Å². The fraction of sp³-hybridized carbons (Fsp3) is 0.774. The van der Waals surface area contributed by atoms with Gasteiger partial charge in [0.05, 0.1) is 33.8 Å². The fourth-order valence-corrected chi connectivity index (χ4v) is 8.95. The van der Waals surface area contributed by atoms with E-state index in [1.165, 1.54) is 128 Å². The molecule has 0 aliphatic heterocycles. The summed E-state index contributed by atoms with van der Waals surface area (Å²) in [5.74, 6) is -0.597. The quantitative estimate of drug-likeness (QED) is 0.0161. The highest BCUT2D eigenvalue weighted by molar-refractivity contribution is 7.45. The van der Waals surface area contributed by atoms with Gasteiger partial charge < -0.3 is 28.5 Å². The Kier molecular flexibility index (Phi) is 50.1. The van der Waals surface area contributed by atoms with Crippen LogP contribution in [0.15, 0.2) is 72.9 Å². The summed E-state index contributed by atoms with van der Waals surface area (Å²) in [4.78, 5) is 39.9. The molecule has 0 aromatic heterocycles. The average molecular weight is 1030 g/mol. The Balaban J connectivity index is 5.44. The number of likely N-dealkylation sites (N-methyl/N-ethyl adjacent to an activating group) is 1. The lowest BCUT2D eigenvalue weighted by molar-refractivity contribution is -0.870. The van der Waals surface area contributed by atoms with Crippen molar-refractivity contribution in [1.82, 2.24) is 5.32 Å². The molecule has 0 spiro atoms. The van der Waals surface area contributed by atoms with Crippen molar-refractivity contribution < 1.29 is 37.3 Å². The zero-order valence-corrected chi connectivity index (χ0v) is 48.5. The predicted octanol–water partition coefficient (Wildman–Crippen LogP) is 17.4. The van der Waals surface area contributed by atoms with Gasteiger partial charge in [-0.05, 0) is 96.0 Å². The van der Waals surface area contributed by atoms with E-state index in [1.807, 2.05) is 33.3 Å². The molecule has 0 saturated carbocycles. The number of hydrogen-bond donors (Lipinski definition) is 1. The van der Waals surface area contributed by atoms with E-state index in [2.05, 4.69) is 86.8 Å². The summed E-state index contributed by atoms with van der Waals surface area (Å²) in [7, 11) is 1.15. The minimum atomic E-state index is -4.71. The molecule has 418 valence electrons. The zero-order valence-electron chi connectivity index (χ0n) is 47.6. The van der Waals surface area contributed by atoms with Crippen LogP contribution in [-0.2, 0) is 27.9 Å². The topological polar surface area (TPSA) is 114 Å². The Morgan fingerprint density at radius 2 is 0.889 bits per heavy atom. The number of nitrogens with one attached hydrogen (secondary N) is 1. The Labute approximate surface area is 444 Å². The van der Waals surface area contributed by atoms with E-state index in [0.717, 1.165) is 83.5 Å². The molecule has 0 aromatic carbocycles. The maximum Gasteiger partial charge on any atom is 0.306 e. The molecule has 3 atom stereocenters. The van der Waals surface area contributed by atoms with Crippen molar-refractivity contribution in [2.45, 2.75) is 270 Å². The van der Waals surface area contributed by atoms with Crippen LogP contribution in [0.25, 0.3) is 0 Å². The van der Waals surface area contributed by atoms with Crippen molar-refractivity contribution in [3.8, 4) is 0 Å². The Morgan fingerprint density at radius 1 is 0.500 bits per heavy atom. The predicted molar refractivity (Wildman–Crippen MR) is 307 cm³/mol. The van der Waals surface area contributed by atoms with Gasteiger partial charge in [0, 0.05) is 12.8 Å². The molecule has 1 N–H and O–H groups in total. The first-order valence-corrected chi connectivity index (χ1v) is 31.2. The molecule has 10 heteroatoms. The third-order valence-corrected chi connectivity index (χ3v) is 13.9. The standard InChI is InChI=1S/C62H113N2O7P/c1-7-10-13-16-19-22-25-28-30-32-34-37-40-43-46-49-52-55-62(66)71-60(53-50-47-44-41-38-35-27-24-21-18-15-12-9-3)59(58-70-72(67,68)69-57-56-64(4,5)6)63-61(65)54-51-48-45-42-39-36-33-31-29-26-23-20-17-14-11-8-2/h19,22,28,30-31,33-34,36-37,39,50,53,59-60H,7-18,20-21,23-27,29,32,35,38,40-49,51-52,54-58H2,1-6H3,(H-,63,65,67,68)/b22-19-,30-28-,33-31+,37-34-,39-36+,53-50+. The number of nitrogens with zero attached hydrogens (tertiary/aromatic N) is 1. The number of quaternary nitrogens is 1. The molecular formula is C62H113N2O7P. The van der Waals surface area contributed by atoms with Gasteiger partial charge in [-0.1, -0.05) is 222 Å². The van der Waals surface area contributed by atoms with Gasteiger partial charge in [0.15, 0.2) is 0 Å². The van der Waals surface area contributed by atoms with Crippen molar-refractivity contribution in [2.24, 2.45) is 0 Å². The van der Waals surface area contributed by atoms with Gasteiger partial charge in [-0.15, -0.1) is 0 Å². The van der Waals surface area contributed by atoms with Gasteiger partial charge >= 0.3 is 5.97 Å². The first-order valence-electron chi connectivity index (χ1n) is 29.8. The summed E-state index contributed by atoms with van der Waals surface area (Å²) < 4.78 is 30.2. The molecule has 0 aliphatic carbocycles. The van der Waals surface area contributed by atoms with Gasteiger partial charge in [-0.25, -0.2) is 0 Å². The number of esters is 1. The monoisotopic (exact) mass is 1030 g/mol. The Bertz CT molecular complexity index is 1460. The summed E-state index contributed by atoms with van der Waals surface area (Å²) in [6.07, 6.45) is 65.8. The number of carbonyl (C=O) groups excluding carboxylic acids is 2. The summed E-state index contributed by atoms with van der Waals surface area (Å²) in [6.45, 7) is 6.77. The largest absolute Gasteiger partial charge is 0.756 e. The Hall–Kier alpha value is -2.55. The van der Waals surface area contributed by atoms with Crippen LogP contribution >= 0.6 is 7.82 Å². The number of amides is 1. The van der Waals surface area contributed by atoms with Crippen molar-refractivity contribution in [3.05, 3.63) is 72.9 Å². The van der Waals surface area contributed by atoms with Gasteiger partial charge in [0.2, 0.25) is 5.91 Å². The van der Waals surface area contributed by atoms with Crippen LogP contribution in [0.2, 0.25) is 0 Å². The molecule has 72 heavy (non-hydrogen) atoms. The molecule has 0 radical (unpaired) electrons. The van der Waals surface area contributed by atoms with E-state index >= 15 is 0 Å². The van der Waals surface area contributed by atoms with Crippen LogP contribution in [-0.4, -0.2) is 69.4 Å². The van der Waals surface area contributed by atoms with Gasteiger partial charge in [-0.2, -0.15) is 0 Å². The number of hydrogen-bond acceptors (Lipinski definition) is 7. The molecule has 0 saturated heterocycles. The van der Waals surface area contributed by atoms with Crippen molar-refractivity contribution in [3.63, 3.8) is 0 Å². The second-order valence-electron chi connectivity index (χ2n) is 21.2. The molecule has 9 nitrogen and oxygen atoms in total. The van der Waals surface area contributed by atoms with Crippen LogP contribution in [0.4, 0.5) is 0 Å². The fourth-order valence-electron chi connectivity index (χ4n) is 8.22. The van der Waals surface area contributed by atoms with E-state index in [4.69, 9.17) is 13.8 Å². The molecule has 3 unspecified atom stereocenters. The van der Waals surface area contributed by atoms with E-state index in [9.17, 15) is 19.0 Å². The number of phosphoric acid groups is 1. The second-order valence-corrected chi connectivity index (χ2v) is 22.6. The van der Waals surface area contributed by atoms with E-state index < -0.39 is 26.6 Å². The number of ether oxygens (including phenoxy) is 1. The molecule has 1 amide bonds. The van der Waals surface area contributed by atoms with Crippen LogP contribution in [0.3, 0.4) is 0 Å². The van der Waals surface area contributed by atoms with E-state index in [1.54, 1.807) is 0 Å². The average Bonchev–Trinajstić information content (AvgIpc) is 3.34. The van der Waals surface area contributed by atoms with Crippen LogP contribution < -0.4 is 10.2 Å². The summed E-state index contributed by atoms with van der Waals surface area (Å²) in [5.41, 5.74) is 0. The minimum absolute atomic E-state index is 0.0334. The molecule has 0 aliphatic rings. The normalized spacial score (nSPS) is 14.3. The van der Waals surface area contributed by atoms with Gasteiger partial charge in [0.25, 0.3) is 7.82 Å². The highest BCUT2D eigenvalue weighted by atomic mass is 31.2. The maximum atomic E-state index is 13.5. The summed E-state index contributed by atoms with van der Waals surface area (Å²) >= 11 is 0. The number of unbranched alkanes of at least 4 members (excludes halogenated alkanes) is 28. The number of phosphoric ester groups is 1. The zero-order chi connectivity index (χ0) is 52.9. The lowest BCUT2D eigenvalue weighted by Crippen LogP contribution is -2.47. The molecular weight excluding hydrogens is 916 g/mol. The lowest BCUT2D eigenvalue weighted by Gasteiger charge is -2.30. The number of rotatable bonds is 53. The first-order chi connectivity index (χ1) is 34.9. The third kappa shape index (κ3) is 52.3. The molecule has 0 fully saturated rings. The van der Waals surface area contributed by atoms with Gasteiger partial charge in [0.1, 0.15) is 19.3 Å². The van der Waals surface area contributed by atoms with E-state index in [0.29, 0.717) is 23.9 Å². The SMILES string of the molecule is CCCCC/C=C\C/C=C\C/C=C\CCCCCCC(=O)OC(/C=C/CCCCCCCCCCCCC)C(COP(=O)([O-])OCC[N+](C)(C)C)NC(=O)CCCCC/C=C/C=C/CCCCCCCCC. The highest BCUT2D eigenvalue weighted by Crippen LogP contribution is 2.38. The van der Waals surface area contributed by atoms with Crippen molar-refractivity contribution in [2.75, 3.05) is 40.9 Å². The maximum absolute atomic E-state index is 13.5. The molecule has 0 aromatic rings. The van der Waals surface area contributed by atoms with Crippen LogP contribution in [0.1, 0.15) is 258 Å². The second kappa shape index (κ2) is 51.9. The summed E-state index contributed by atoms with van der Waals surface area (Å²) in [6, 6.07) is -0.913. The third-order valence-electron chi connectivity index (χ3n) is 12.9. The lowest BCUT2D eigenvalue weighted by atomic mass is 10.0. The van der Waals surface area contributed by atoms with Crippen molar-refractivity contribution >= 4 is 19.7 Å². The minimum Gasteiger partial charge on any atom is -0.756 e. The number of allylic oxidation sites excluding steroid dienone is 11. The first kappa shape index (κ1) is 69.5. The van der Waals surface area contributed by atoms with Crippen LogP contribution in [0.5, 0.6) is 0 Å². The highest BCUT2D eigenvalue weighted by Gasteiger charge is 2.27. The molecule has 0 bridgehead atoms. The smallest absolute Gasteiger partial charge is 0.306 e. The summed E-state index contributed by atoms with van der Waals surface area (Å²) in [5, 5.41) is 3.00.